The van der Waals surface area contributed by atoms with Crippen molar-refractivity contribution in [3.05, 3.63) is 140 Å². The van der Waals surface area contributed by atoms with E-state index in [1.807, 2.05) is 37.8 Å². The van der Waals surface area contributed by atoms with Gasteiger partial charge in [-0.15, -0.1) is 11.6 Å². The van der Waals surface area contributed by atoms with Gasteiger partial charge in [0.15, 0.2) is 0 Å². The van der Waals surface area contributed by atoms with Crippen LogP contribution in [0, 0.1) is 0 Å². The molecule has 20 rings (SSSR count). The number of carbonyl (C=O) groups excluding carboxylic acids is 4. The Morgan fingerprint density at radius 3 is 1.08 bits per heavy atom. The summed E-state index contributed by atoms with van der Waals surface area (Å²) in [6.07, 6.45) is 43.0. The molecule has 0 saturated heterocycles. The van der Waals surface area contributed by atoms with E-state index in [-0.39, 0.29) is 17.7 Å². The number of hydrogen-bond acceptors (Lipinski definition) is 14. The molecule has 24 nitrogen and oxygen atoms in total. The van der Waals surface area contributed by atoms with Crippen molar-refractivity contribution in [3.63, 3.8) is 0 Å². The topological polar surface area (TPSA) is 299 Å². The molecule has 4 aromatic carbocycles. The standard InChI is InChI=1S/C31H46N4O2SSi.C28H40N4O2Si.2C25H32N4O2S.C3H7ClS/c1-7-12-31(13-8-2)25-19-26-24(18-27(25)35(30(31)36)14-16-38-3)23-11-9-10-22-20-34(33-28(22)29(23)32-26)21-37-15-17-39(4,5)6;1-6-11-28(12-7-2)22-16-23-21(15-24(22)30-27(28)33)20-10-8-9-19-17-32(31-25(19)26(20)29-23)18-34-13-14-35(3,4)5;2*1-4-9-25(10-5-2)19-14-20-18(13-21(19)29(24(25)30)11-12-32(3)31)17-8-6-7-16-15-26-28-22(16)23(17)27-20;1-5-3-2-4/h18-20,32H,7-17,21H2,1-6H3;15-17,29H,6-14,18H2,1-5H3,(H,30,33);2*13-15,27H,4-12H2,1-3H3,(H,26,28);2-3H2,1H3. The summed E-state index contributed by atoms with van der Waals surface area (Å²) in [5.74, 6) is 4.66. The highest BCUT2D eigenvalue weighted by molar-refractivity contribution is 7.98. The van der Waals surface area contributed by atoms with E-state index in [4.69, 9.17) is 31.3 Å². The van der Waals surface area contributed by atoms with Crippen LogP contribution in [0.25, 0.3) is 89.2 Å². The van der Waals surface area contributed by atoms with Gasteiger partial charge in [0.25, 0.3) is 0 Å². The number of thioether (sulfide) groups is 2. The number of aryl methyl sites for hydroxylation is 8. The zero-order chi connectivity index (χ0) is 102. The van der Waals surface area contributed by atoms with Gasteiger partial charge in [0, 0.05) is 191 Å². The van der Waals surface area contributed by atoms with E-state index in [0.29, 0.717) is 44.0 Å². The van der Waals surface area contributed by atoms with E-state index in [0.717, 1.165) is 324 Å². The van der Waals surface area contributed by atoms with Crippen LogP contribution in [-0.4, -0.2) is 195 Å². The van der Waals surface area contributed by atoms with Gasteiger partial charge in [-0.2, -0.15) is 43.9 Å². The summed E-state index contributed by atoms with van der Waals surface area (Å²) in [5.41, 5.74) is 30.8. The minimum atomic E-state index is -1.11. The van der Waals surface area contributed by atoms with Gasteiger partial charge in [0.2, 0.25) is 23.6 Å². The predicted octanol–water partition coefficient (Wildman–Crippen LogP) is 24.8. The molecule has 0 radical (unpaired) electrons. The Morgan fingerprint density at radius 1 is 0.413 bits per heavy atom. The summed E-state index contributed by atoms with van der Waals surface area (Å²) in [6, 6.07) is 20.4. The van der Waals surface area contributed by atoms with E-state index >= 15 is 0 Å². The summed E-state index contributed by atoms with van der Waals surface area (Å²) in [7, 11) is -4.09. The van der Waals surface area contributed by atoms with Crippen LogP contribution < -0.4 is 20.0 Å². The van der Waals surface area contributed by atoms with Crippen LogP contribution in [0.15, 0.2) is 73.3 Å². The molecule has 0 bridgehead atoms. The number of rotatable bonds is 37. The molecule has 8 aliphatic rings. The monoisotopic (exact) mass is 2070 g/mol. The van der Waals surface area contributed by atoms with Gasteiger partial charge in [-0.25, -0.2) is 9.36 Å². The Hall–Kier alpha value is -8.60. The molecule has 7 N–H and O–H groups in total. The highest BCUT2D eigenvalue weighted by Crippen LogP contribution is 2.56. The van der Waals surface area contributed by atoms with Crippen molar-refractivity contribution in [2.45, 2.75) is 322 Å². The number of anilines is 4. The highest BCUT2D eigenvalue weighted by atomic mass is 35.5. The molecule has 4 amide bonds. The average Bonchev–Trinajstić information content (AvgIpc) is 1.57. The van der Waals surface area contributed by atoms with Crippen LogP contribution in [0.4, 0.5) is 22.7 Å². The first-order valence-corrected chi connectivity index (χ1v) is 67.6. The van der Waals surface area contributed by atoms with Gasteiger partial charge in [-0.05, 0) is 268 Å². The Labute approximate surface area is 867 Å². The van der Waals surface area contributed by atoms with Gasteiger partial charge in [0.1, 0.15) is 24.8 Å². The maximum absolute atomic E-state index is 14.0. The molecule has 0 saturated carbocycles. The fraction of sp³-hybridized carbons (Fsp3) is 0.571. The molecule has 0 spiro atoms. The number of H-pyrrole nitrogens is 6. The second-order valence-electron chi connectivity index (χ2n) is 43.7. The number of alkyl halides is 1. The number of nitrogens with one attached hydrogen (secondary N) is 7. The lowest BCUT2D eigenvalue weighted by Gasteiger charge is -2.28. The summed E-state index contributed by atoms with van der Waals surface area (Å²) < 4.78 is 39.7. The van der Waals surface area contributed by atoms with Crippen LogP contribution in [-0.2, 0) is 137 Å². The van der Waals surface area contributed by atoms with Gasteiger partial charge in [-0.3, -0.25) is 37.8 Å². The molecule has 31 heteroatoms. The maximum atomic E-state index is 14.0. The SMILES string of the molecule is CCCC1(CCC)C(=O)N(CCS(C)=O)c2cc3c4c([nH]c3cc21)-c1[nH]ncc1CCC4.CCCC1(CCC)C(=O)N(CCS(C)=O)c2cc3c4c([nH]c3cc21)-c1[nH]ncc1CCC4.CCCC1(CCC)C(=O)N(CCSC)c2cc3c4c([nH]c3cc21)-c1nn(COCC[Si](C)(C)C)cc1CCC4.CCCC1(CCC)C(=O)Nc2cc3c4c([nH]c3cc21)-c1nn(COCC[Si](C)(C)C)cc1CCC4.CSCCCl. The third-order valence-electron chi connectivity index (χ3n) is 31.1. The average molecular weight is 2080 g/mol. The summed E-state index contributed by atoms with van der Waals surface area (Å²) in [5, 5.41) is 33.0. The molecule has 143 heavy (non-hydrogen) atoms. The Kier molecular flexibility index (Phi) is 34.5. The number of nitrogens with zero attached hydrogens (tertiary/aromatic N) is 9. The van der Waals surface area contributed by atoms with Crippen molar-refractivity contribution in [2.75, 3.05) is 107 Å². The van der Waals surface area contributed by atoms with E-state index in [1.54, 1.807) is 36.0 Å². The normalized spacial score (nSPS) is 16.8. The number of benzene rings is 4. The maximum Gasteiger partial charge on any atom is 0.237 e. The molecule has 4 aliphatic heterocycles. The Balaban J connectivity index is 0.000000135. The van der Waals surface area contributed by atoms with Crippen LogP contribution in [0.1, 0.15) is 251 Å². The van der Waals surface area contributed by atoms with Crippen LogP contribution in [0.3, 0.4) is 0 Å². The zero-order valence-electron chi connectivity index (χ0n) is 88.4. The molecular formula is C112H157ClN16O8S4Si2. The third-order valence-corrected chi connectivity index (χ3v) is 37.7. The fourth-order valence-electron chi connectivity index (χ4n) is 24.6. The summed E-state index contributed by atoms with van der Waals surface area (Å²) in [4.78, 5) is 75.7. The van der Waals surface area contributed by atoms with Gasteiger partial charge < -0.3 is 49.4 Å². The van der Waals surface area contributed by atoms with Crippen LogP contribution in [0.2, 0.25) is 51.4 Å². The predicted molar refractivity (Wildman–Crippen MR) is 604 cm³/mol. The van der Waals surface area contributed by atoms with Crippen molar-refractivity contribution < 1.29 is 37.1 Å². The van der Waals surface area contributed by atoms with Gasteiger partial charge in [0.05, 0.1) is 68.2 Å². The number of hydrogen-bond donors (Lipinski definition) is 7. The first-order chi connectivity index (χ1) is 68.9. The van der Waals surface area contributed by atoms with Crippen molar-refractivity contribution in [3.8, 4) is 45.6 Å². The van der Waals surface area contributed by atoms with Crippen LogP contribution >= 0.6 is 35.1 Å². The number of carbonyl (C=O) groups is 4. The minimum absolute atomic E-state index is 0.171. The van der Waals surface area contributed by atoms with E-state index in [9.17, 15) is 27.6 Å². The minimum Gasteiger partial charge on any atom is -0.360 e. The molecule has 2 atom stereocenters. The lowest BCUT2D eigenvalue weighted by Crippen LogP contribution is -2.41. The number of halogens is 1. The molecule has 12 heterocycles. The number of ether oxygens (including phenoxy) is 2. The summed E-state index contributed by atoms with van der Waals surface area (Å²) >= 11 is 8.86. The molecule has 772 valence electrons. The Morgan fingerprint density at radius 2 is 0.741 bits per heavy atom. The van der Waals surface area contributed by atoms with Crippen molar-refractivity contribution in [1.29, 1.82) is 0 Å². The van der Waals surface area contributed by atoms with E-state index < -0.39 is 59.4 Å². The van der Waals surface area contributed by atoms with Gasteiger partial charge in [-0.1, -0.05) is 146 Å². The number of aromatic amines is 6. The van der Waals surface area contributed by atoms with Crippen LogP contribution in [0.5, 0.6) is 0 Å². The fourth-order valence-corrected chi connectivity index (χ4v) is 27.9. The molecule has 12 aromatic rings. The van der Waals surface area contributed by atoms with Gasteiger partial charge >= 0.3 is 0 Å². The Bertz CT molecular complexity index is 6420. The third kappa shape index (κ3) is 21.5. The first kappa shape index (κ1) is 107. The second kappa shape index (κ2) is 46.0. The smallest absolute Gasteiger partial charge is 0.237 e. The lowest BCUT2D eigenvalue weighted by atomic mass is 9.74. The van der Waals surface area contributed by atoms with Crippen molar-refractivity contribution in [1.82, 2.24) is 59.9 Å². The lowest BCUT2D eigenvalue weighted by molar-refractivity contribution is -0.124. The highest BCUT2D eigenvalue weighted by Gasteiger charge is 2.54. The van der Waals surface area contributed by atoms with Crippen molar-refractivity contribution in [2.24, 2.45) is 0 Å². The second-order valence-corrected chi connectivity index (χ2v) is 60.4. The van der Waals surface area contributed by atoms with E-state index in [2.05, 4.69) is 212 Å². The number of aromatic nitrogens is 12. The zero-order valence-corrected chi connectivity index (χ0v) is 94.5. The molecule has 8 aromatic heterocycles. The number of fused-ring (bicyclic) bond motifs is 24. The number of amides is 4. The molecular weight excluding hydrogens is 1920 g/mol. The molecule has 4 aliphatic carbocycles. The van der Waals surface area contributed by atoms with E-state index in [1.165, 1.54) is 83.7 Å². The summed E-state index contributed by atoms with van der Waals surface area (Å²) in [6.45, 7) is 36.0. The molecule has 0 fully saturated rings. The largest absolute Gasteiger partial charge is 0.360 e. The quantitative estimate of drug-likeness (QED) is 0.0108. The van der Waals surface area contributed by atoms with Crippen molar-refractivity contribution >= 4 is 163 Å². The molecule has 2 unspecified atom stereocenters. The first-order valence-electron chi connectivity index (χ1n) is 53.4.